The van der Waals surface area contributed by atoms with Gasteiger partial charge in [-0.1, -0.05) is 31.2 Å². The topological polar surface area (TPSA) is 62.7 Å². The van der Waals surface area contributed by atoms with Crippen LogP contribution in [0.1, 0.15) is 57.6 Å². The highest BCUT2D eigenvalue weighted by Crippen LogP contribution is 2.25. The van der Waals surface area contributed by atoms with Gasteiger partial charge in [0.1, 0.15) is 0 Å². The van der Waals surface area contributed by atoms with Crippen molar-refractivity contribution < 1.29 is 9.53 Å². The van der Waals surface area contributed by atoms with Gasteiger partial charge in [-0.05, 0) is 57.1 Å². The molecule has 5 heteroatoms. The Kier molecular flexibility index (Phi) is 8.45. The number of benzene rings is 1. The molecule has 26 heavy (non-hydrogen) atoms. The summed E-state index contributed by atoms with van der Waals surface area (Å²) in [6.45, 7) is 8.09. The smallest absolute Gasteiger partial charge is 0.308 e. The van der Waals surface area contributed by atoms with Crippen LogP contribution in [0.2, 0.25) is 0 Å². The number of aliphatic imine (C=N–C) groups is 1. The number of nitrogens with one attached hydrogen (secondary N) is 2. The first kappa shape index (κ1) is 20.3. The summed E-state index contributed by atoms with van der Waals surface area (Å²) in [5.41, 5.74) is 2.63. The molecule has 144 valence electrons. The van der Waals surface area contributed by atoms with E-state index in [4.69, 9.17) is 9.73 Å². The van der Waals surface area contributed by atoms with Crippen LogP contribution in [0.5, 0.6) is 0 Å². The first-order chi connectivity index (χ1) is 12.7. The van der Waals surface area contributed by atoms with Gasteiger partial charge in [-0.15, -0.1) is 0 Å². The number of esters is 1. The molecule has 2 N–H and O–H groups in total. The molecule has 0 spiro atoms. The molecule has 0 radical (unpaired) electrons. The maximum absolute atomic E-state index is 11.9. The molecule has 0 bridgehead atoms. The monoisotopic (exact) mass is 359 g/mol. The van der Waals surface area contributed by atoms with Gasteiger partial charge in [0.2, 0.25) is 0 Å². The summed E-state index contributed by atoms with van der Waals surface area (Å²) < 4.78 is 5.15. The van der Waals surface area contributed by atoms with Crippen molar-refractivity contribution in [1.29, 1.82) is 0 Å². The van der Waals surface area contributed by atoms with Crippen molar-refractivity contribution in [1.82, 2.24) is 10.6 Å². The molecule has 1 aromatic rings. The van der Waals surface area contributed by atoms with Gasteiger partial charge in [0.25, 0.3) is 0 Å². The summed E-state index contributed by atoms with van der Waals surface area (Å²) in [4.78, 5) is 16.6. The molecular weight excluding hydrogens is 326 g/mol. The molecule has 1 saturated carbocycles. The highest BCUT2D eigenvalue weighted by Gasteiger charge is 2.27. The van der Waals surface area contributed by atoms with Gasteiger partial charge in [-0.3, -0.25) is 4.79 Å². The Hall–Kier alpha value is -2.04. The van der Waals surface area contributed by atoms with Crippen molar-refractivity contribution in [2.24, 2.45) is 10.9 Å². The van der Waals surface area contributed by atoms with Crippen LogP contribution in [-0.2, 0) is 22.5 Å². The molecule has 1 aliphatic carbocycles. The summed E-state index contributed by atoms with van der Waals surface area (Å²) in [7, 11) is 0. The number of aryl methyl sites for hydroxylation is 1. The van der Waals surface area contributed by atoms with Crippen molar-refractivity contribution in [2.75, 3.05) is 13.2 Å². The van der Waals surface area contributed by atoms with Crippen LogP contribution in [0.15, 0.2) is 29.3 Å². The Balaban J connectivity index is 1.91. The summed E-state index contributed by atoms with van der Waals surface area (Å²) in [5.74, 6) is 0.879. The molecule has 0 unspecified atom stereocenters. The second-order valence-corrected chi connectivity index (χ2v) is 6.76. The van der Waals surface area contributed by atoms with Crippen LogP contribution >= 0.6 is 0 Å². The Morgan fingerprint density at radius 3 is 2.42 bits per heavy atom. The number of rotatable bonds is 7. The molecule has 0 amide bonds. The number of nitrogens with zero attached hydrogens (tertiary/aromatic N) is 1. The lowest BCUT2D eigenvalue weighted by Gasteiger charge is -2.29. The largest absolute Gasteiger partial charge is 0.466 e. The fourth-order valence-electron chi connectivity index (χ4n) is 3.47. The van der Waals surface area contributed by atoms with Crippen molar-refractivity contribution in [3.8, 4) is 0 Å². The zero-order chi connectivity index (χ0) is 18.8. The standard InChI is InChI=1S/C21H33N3O2/c1-4-16-9-7-8-10-18(16)15-23-21(22-5-2)24-19-13-11-17(12-14-19)20(25)26-6-3/h7-10,17,19H,4-6,11-15H2,1-3H3,(H2,22,23,24). The molecule has 0 heterocycles. The van der Waals surface area contributed by atoms with Crippen LogP contribution in [0.25, 0.3) is 0 Å². The minimum absolute atomic E-state index is 0.0392. The third kappa shape index (κ3) is 6.04. The van der Waals surface area contributed by atoms with Gasteiger partial charge in [0.15, 0.2) is 5.96 Å². The maximum Gasteiger partial charge on any atom is 0.308 e. The normalized spacial score (nSPS) is 20.5. The van der Waals surface area contributed by atoms with E-state index in [1.54, 1.807) is 0 Å². The van der Waals surface area contributed by atoms with E-state index in [0.29, 0.717) is 19.2 Å². The van der Waals surface area contributed by atoms with E-state index < -0.39 is 0 Å². The SMILES string of the molecule is CCNC(=NCc1ccccc1CC)NC1CCC(C(=O)OCC)CC1. The van der Waals surface area contributed by atoms with Gasteiger partial charge in [-0.25, -0.2) is 4.99 Å². The van der Waals surface area contributed by atoms with Crippen molar-refractivity contribution >= 4 is 11.9 Å². The first-order valence-corrected chi connectivity index (χ1v) is 9.96. The van der Waals surface area contributed by atoms with Crippen molar-refractivity contribution in [3.05, 3.63) is 35.4 Å². The highest BCUT2D eigenvalue weighted by atomic mass is 16.5. The van der Waals surface area contributed by atoms with Crippen LogP contribution < -0.4 is 10.6 Å². The minimum Gasteiger partial charge on any atom is -0.466 e. The average molecular weight is 360 g/mol. The molecular formula is C21H33N3O2. The number of ether oxygens (including phenoxy) is 1. The lowest BCUT2D eigenvalue weighted by atomic mass is 9.86. The number of guanidine groups is 1. The Bertz CT molecular complexity index is 593. The molecule has 1 fully saturated rings. The van der Waals surface area contributed by atoms with Crippen LogP contribution in [0.3, 0.4) is 0 Å². The van der Waals surface area contributed by atoms with E-state index in [9.17, 15) is 4.79 Å². The van der Waals surface area contributed by atoms with Crippen LogP contribution in [0, 0.1) is 5.92 Å². The maximum atomic E-state index is 11.9. The van der Waals surface area contributed by atoms with Gasteiger partial charge in [-0.2, -0.15) is 0 Å². The van der Waals surface area contributed by atoms with E-state index in [1.165, 1.54) is 11.1 Å². The first-order valence-electron chi connectivity index (χ1n) is 9.96. The summed E-state index contributed by atoms with van der Waals surface area (Å²) >= 11 is 0. The highest BCUT2D eigenvalue weighted by molar-refractivity contribution is 5.80. The third-order valence-electron chi connectivity index (χ3n) is 4.94. The summed E-state index contributed by atoms with van der Waals surface area (Å²) in [6, 6.07) is 8.83. The lowest BCUT2D eigenvalue weighted by Crippen LogP contribution is -2.45. The number of carbonyl (C=O) groups excluding carboxylic acids is 1. The molecule has 0 atom stereocenters. The Morgan fingerprint density at radius 2 is 1.81 bits per heavy atom. The van der Waals surface area contributed by atoms with Gasteiger partial charge < -0.3 is 15.4 Å². The molecule has 5 nitrogen and oxygen atoms in total. The molecule has 0 aromatic heterocycles. The molecule has 0 saturated heterocycles. The van der Waals surface area contributed by atoms with E-state index in [-0.39, 0.29) is 11.9 Å². The molecule has 1 aliphatic rings. The predicted molar refractivity (Wildman–Crippen MR) is 106 cm³/mol. The van der Waals surface area contributed by atoms with Crippen LogP contribution in [0.4, 0.5) is 0 Å². The Labute approximate surface area is 157 Å². The van der Waals surface area contributed by atoms with Crippen LogP contribution in [-0.4, -0.2) is 31.1 Å². The van der Waals surface area contributed by atoms with Crippen molar-refractivity contribution in [3.63, 3.8) is 0 Å². The van der Waals surface area contributed by atoms with E-state index in [1.807, 2.05) is 6.92 Å². The number of hydrogen-bond donors (Lipinski definition) is 2. The van der Waals surface area contributed by atoms with E-state index in [0.717, 1.165) is 44.6 Å². The average Bonchev–Trinajstić information content (AvgIpc) is 2.67. The summed E-state index contributed by atoms with van der Waals surface area (Å²) in [6.07, 6.45) is 4.73. The second-order valence-electron chi connectivity index (χ2n) is 6.76. The van der Waals surface area contributed by atoms with Gasteiger partial charge in [0, 0.05) is 12.6 Å². The van der Waals surface area contributed by atoms with Crippen molar-refractivity contribution in [2.45, 2.75) is 65.5 Å². The minimum atomic E-state index is -0.0392. The zero-order valence-electron chi connectivity index (χ0n) is 16.4. The second kappa shape index (κ2) is 10.8. The fraction of sp³-hybridized carbons (Fsp3) is 0.619. The van der Waals surface area contributed by atoms with E-state index in [2.05, 4.69) is 48.7 Å². The predicted octanol–water partition coefficient (Wildman–Crippen LogP) is 3.43. The number of carbonyl (C=O) groups is 1. The summed E-state index contributed by atoms with van der Waals surface area (Å²) in [5, 5.41) is 6.88. The quantitative estimate of drug-likeness (QED) is 0.445. The molecule has 0 aliphatic heterocycles. The Morgan fingerprint density at radius 1 is 1.12 bits per heavy atom. The molecule has 1 aromatic carbocycles. The zero-order valence-corrected chi connectivity index (χ0v) is 16.4. The van der Waals surface area contributed by atoms with Gasteiger partial charge >= 0.3 is 5.97 Å². The van der Waals surface area contributed by atoms with Gasteiger partial charge in [0.05, 0.1) is 19.1 Å². The van der Waals surface area contributed by atoms with E-state index >= 15 is 0 Å². The third-order valence-corrected chi connectivity index (χ3v) is 4.94. The molecule has 2 rings (SSSR count). The lowest BCUT2D eigenvalue weighted by molar-refractivity contribution is -0.149. The number of hydrogen-bond acceptors (Lipinski definition) is 3. The fourth-order valence-corrected chi connectivity index (χ4v) is 3.47.